The largest absolute Gasteiger partial charge is 0.497 e. The first kappa shape index (κ1) is 18.8. The lowest BCUT2D eigenvalue weighted by molar-refractivity contribution is 0.207. The molecule has 1 unspecified atom stereocenters. The second-order valence-electron chi connectivity index (χ2n) is 5.89. The molecule has 1 N–H and O–H groups in total. The molecule has 3 nitrogen and oxygen atoms in total. The molecule has 3 rings (SSSR count). The molecule has 3 aromatic carbocycles. The highest BCUT2D eigenvalue weighted by Crippen LogP contribution is 2.32. The number of halogens is 3. The average molecular weight is 374 g/mol. The number of rotatable bonds is 6. The van der Waals surface area contributed by atoms with Gasteiger partial charge in [-0.15, -0.1) is 0 Å². The Labute approximate surface area is 154 Å². The van der Waals surface area contributed by atoms with E-state index in [1.807, 2.05) is 0 Å². The van der Waals surface area contributed by atoms with Crippen LogP contribution in [-0.2, 0) is 6.61 Å². The van der Waals surface area contributed by atoms with E-state index in [-0.39, 0.29) is 17.9 Å². The first-order valence-electron chi connectivity index (χ1n) is 8.16. The highest BCUT2D eigenvalue weighted by Gasteiger charge is 2.19. The Balaban J connectivity index is 1.87. The lowest BCUT2D eigenvalue weighted by atomic mass is 10.0. The topological polar surface area (TPSA) is 38.7 Å². The van der Waals surface area contributed by atoms with Crippen molar-refractivity contribution in [2.24, 2.45) is 0 Å². The minimum atomic E-state index is -1.30. The highest BCUT2D eigenvalue weighted by atomic mass is 19.2. The molecule has 0 fully saturated rings. The van der Waals surface area contributed by atoms with Crippen molar-refractivity contribution in [1.29, 1.82) is 0 Å². The van der Waals surface area contributed by atoms with E-state index in [0.717, 1.165) is 17.7 Å². The molecule has 0 aliphatic carbocycles. The molecule has 27 heavy (non-hydrogen) atoms. The number of aliphatic hydroxyl groups is 1. The van der Waals surface area contributed by atoms with Gasteiger partial charge in [0.2, 0.25) is 0 Å². The summed E-state index contributed by atoms with van der Waals surface area (Å²) in [5.41, 5.74) is 1.16. The third kappa shape index (κ3) is 4.41. The van der Waals surface area contributed by atoms with Crippen LogP contribution >= 0.6 is 0 Å². The van der Waals surface area contributed by atoms with Crippen LogP contribution in [0.25, 0.3) is 0 Å². The van der Waals surface area contributed by atoms with Gasteiger partial charge in [-0.25, -0.2) is 13.2 Å². The standard InChI is InChI=1S/C21H17F3O3/c1-26-16-8-2-13(3-9-16)12-27-20-11-19(24)18(23)10-17(20)21(25)14-4-6-15(22)7-5-14/h2-11,21,25H,12H2,1H3. The Hall–Kier alpha value is -2.99. The van der Waals surface area contributed by atoms with Gasteiger partial charge in [0.15, 0.2) is 11.6 Å². The van der Waals surface area contributed by atoms with E-state index in [2.05, 4.69) is 0 Å². The van der Waals surface area contributed by atoms with Crippen molar-refractivity contribution in [2.45, 2.75) is 12.7 Å². The maximum Gasteiger partial charge on any atom is 0.162 e. The van der Waals surface area contributed by atoms with Crippen LogP contribution in [0, 0.1) is 17.5 Å². The fourth-order valence-electron chi connectivity index (χ4n) is 2.59. The first-order chi connectivity index (χ1) is 13.0. The SMILES string of the molecule is COc1ccc(COc2cc(F)c(F)cc2C(O)c2ccc(F)cc2)cc1. The summed E-state index contributed by atoms with van der Waals surface area (Å²) in [5.74, 6) is -1.98. The molecular weight excluding hydrogens is 357 g/mol. The fraction of sp³-hybridized carbons (Fsp3) is 0.143. The molecule has 0 aliphatic rings. The van der Waals surface area contributed by atoms with Gasteiger partial charge in [0.1, 0.15) is 30.0 Å². The molecule has 0 bridgehead atoms. The smallest absolute Gasteiger partial charge is 0.162 e. The van der Waals surface area contributed by atoms with Crippen molar-refractivity contribution < 1.29 is 27.8 Å². The molecule has 3 aromatic rings. The number of aliphatic hydroxyl groups excluding tert-OH is 1. The third-order valence-electron chi connectivity index (χ3n) is 4.09. The molecule has 0 amide bonds. The van der Waals surface area contributed by atoms with Crippen LogP contribution in [0.2, 0.25) is 0 Å². The van der Waals surface area contributed by atoms with Crippen LogP contribution < -0.4 is 9.47 Å². The van der Waals surface area contributed by atoms with Gasteiger partial charge in [-0.1, -0.05) is 24.3 Å². The van der Waals surface area contributed by atoms with Gasteiger partial charge in [-0.3, -0.25) is 0 Å². The van der Waals surface area contributed by atoms with Gasteiger partial charge in [0, 0.05) is 11.6 Å². The van der Waals surface area contributed by atoms with Crippen molar-refractivity contribution in [3.8, 4) is 11.5 Å². The van der Waals surface area contributed by atoms with Crippen molar-refractivity contribution in [3.63, 3.8) is 0 Å². The zero-order chi connectivity index (χ0) is 19.4. The Bertz CT molecular complexity index is 909. The van der Waals surface area contributed by atoms with Crippen LogP contribution in [0.4, 0.5) is 13.2 Å². The predicted octanol–water partition coefficient (Wildman–Crippen LogP) is 4.77. The summed E-state index contributed by atoms with van der Waals surface area (Å²) in [6.07, 6.45) is -1.30. The van der Waals surface area contributed by atoms with E-state index in [9.17, 15) is 18.3 Å². The van der Waals surface area contributed by atoms with Crippen LogP contribution in [-0.4, -0.2) is 12.2 Å². The molecule has 1 atom stereocenters. The number of hydrogen-bond donors (Lipinski definition) is 1. The second kappa shape index (κ2) is 8.14. The molecule has 0 aliphatic heterocycles. The molecule has 0 spiro atoms. The number of ether oxygens (including phenoxy) is 2. The van der Waals surface area contributed by atoms with Crippen LogP contribution in [0.1, 0.15) is 22.8 Å². The van der Waals surface area contributed by atoms with Gasteiger partial charge in [-0.05, 0) is 41.5 Å². The lowest BCUT2D eigenvalue weighted by Gasteiger charge is -2.17. The van der Waals surface area contributed by atoms with Crippen LogP contribution in [0.15, 0.2) is 60.7 Å². The summed E-state index contributed by atoms with van der Waals surface area (Å²) < 4.78 is 51.2. The van der Waals surface area contributed by atoms with Gasteiger partial charge in [-0.2, -0.15) is 0 Å². The molecule has 0 aromatic heterocycles. The van der Waals surface area contributed by atoms with Gasteiger partial charge < -0.3 is 14.6 Å². The summed E-state index contributed by atoms with van der Waals surface area (Å²) in [4.78, 5) is 0. The van der Waals surface area contributed by atoms with E-state index in [1.54, 1.807) is 31.4 Å². The third-order valence-corrected chi connectivity index (χ3v) is 4.09. The van der Waals surface area contributed by atoms with Gasteiger partial charge in [0.25, 0.3) is 0 Å². The number of methoxy groups -OCH3 is 1. The van der Waals surface area contributed by atoms with Crippen molar-refractivity contribution in [3.05, 3.63) is 94.8 Å². The summed E-state index contributed by atoms with van der Waals surface area (Å²) in [6, 6.07) is 13.9. The van der Waals surface area contributed by atoms with E-state index in [4.69, 9.17) is 9.47 Å². The Morgan fingerprint density at radius 1 is 0.889 bits per heavy atom. The van der Waals surface area contributed by atoms with Crippen LogP contribution in [0.5, 0.6) is 11.5 Å². The maximum atomic E-state index is 13.7. The molecule has 6 heteroatoms. The minimum Gasteiger partial charge on any atom is -0.497 e. The summed E-state index contributed by atoms with van der Waals surface area (Å²) >= 11 is 0. The van der Waals surface area contributed by atoms with E-state index in [1.165, 1.54) is 24.3 Å². The summed E-state index contributed by atoms with van der Waals surface area (Å²) in [5, 5.41) is 10.5. The average Bonchev–Trinajstić information content (AvgIpc) is 2.69. The van der Waals surface area contributed by atoms with Gasteiger partial charge in [0.05, 0.1) is 7.11 Å². The molecular formula is C21H17F3O3. The zero-order valence-electron chi connectivity index (χ0n) is 14.5. The van der Waals surface area contributed by atoms with E-state index < -0.39 is 23.6 Å². The Kier molecular flexibility index (Phi) is 5.66. The Morgan fingerprint density at radius 2 is 1.52 bits per heavy atom. The fourth-order valence-corrected chi connectivity index (χ4v) is 2.59. The van der Waals surface area contributed by atoms with E-state index >= 15 is 0 Å². The van der Waals surface area contributed by atoms with E-state index in [0.29, 0.717) is 11.3 Å². The molecule has 140 valence electrons. The van der Waals surface area contributed by atoms with Crippen molar-refractivity contribution in [2.75, 3.05) is 7.11 Å². The molecule has 0 radical (unpaired) electrons. The Morgan fingerprint density at radius 3 is 2.15 bits per heavy atom. The molecule has 0 saturated heterocycles. The number of benzene rings is 3. The number of hydrogen-bond acceptors (Lipinski definition) is 3. The molecule has 0 heterocycles. The maximum absolute atomic E-state index is 13.7. The lowest BCUT2D eigenvalue weighted by Crippen LogP contribution is -2.06. The summed E-state index contributed by atoms with van der Waals surface area (Å²) in [6.45, 7) is 0.0816. The highest BCUT2D eigenvalue weighted by molar-refractivity contribution is 5.41. The monoisotopic (exact) mass is 374 g/mol. The minimum absolute atomic E-state index is 0.00143. The summed E-state index contributed by atoms with van der Waals surface area (Å²) in [7, 11) is 1.55. The molecule has 0 saturated carbocycles. The second-order valence-corrected chi connectivity index (χ2v) is 5.89. The quantitative estimate of drug-likeness (QED) is 0.675. The first-order valence-corrected chi connectivity index (χ1v) is 8.16. The van der Waals surface area contributed by atoms with Crippen molar-refractivity contribution in [1.82, 2.24) is 0 Å². The predicted molar refractivity (Wildman–Crippen MR) is 94.1 cm³/mol. The van der Waals surface area contributed by atoms with Crippen LogP contribution in [0.3, 0.4) is 0 Å². The zero-order valence-corrected chi connectivity index (χ0v) is 14.5. The van der Waals surface area contributed by atoms with Gasteiger partial charge >= 0.3 is 0 Å². The van der Waals surface area contributed by atoms with Crippen molar-refractivity contribution >= 4 is 0 Å². The normalized spacial score (nSPS) is 11.9.